The minimum atomic E-state index is -0.930. The summed E-state index contributed by atoms with van der Waals surface area (Å²) in [4.78, 5) is 150. The van der Waals surface area contributed by atoms with Crippen LogP contribution in [0.15, 0.2) is 54.6 Å². The number of aromatic nitrogens is 6. The number of carbonyl (C=O) groups excluding carboxylic acids is 9. The number of nitrogens with zero attached hydrogens (tertiary/aromatic N) is 9. The molecule has 3 aromatic carbocycles. The van der Waals surface area contributed by atoms with Crippen LogP contribution in [-0.2, 0) is 118 Å². The van der Waals surface area contributed by atoms with Crippen molar-refractivity contribution in [3.63, 3.8) is 0 Å². The Bertz CT molecular complexity index is 4890. The van der Waals surface area contributed by atoms with E-state index in [9.17, 15) is 56.3 Å². The molecule has 3 aliphatic carbocycles. The molecular formula is C93H120F3N12O15V3-3. The maximum absolute atomic E-state index is 14.1. The third-order valence-corrected chi connectivity index (χ3v) is 26.4. The average Bonchev–Trinajstić information content (AvgIpc) is 1.61. The van der Waals surface area contributed by atoms with Crippen LogP contribution >= 0.6 is 0 Å². The normalized spacial score (nSPS) is 29.4. The molecule has 0 unspecified atom stereocenters. The van der Waals surface area contributed by atoms with Gasteiger partial charge in [0, 0.05) is 79.8 Å². The van der Waals surface area contributed by atoms with Gasteiger partial charge in [-0.05, 0) is 179 Å². The van der Waals surface area contributed by atoms with Gasteiger partial charge in [0.15, 0.2) is 0 Å². The molecule has 27 nitrogen and oxygen atoms in total. The third-order valence-electron chi connectivity index (χ3n) is 26.4. The maximum atomic E-state index is 14.1. The van der Waals surface area contributed by atoms with E-state index >= 15 is 0 Å². The number of aryl methyl sites for hydroxylation is 3. The molecule has 33 heteroatoms. The Morgan fingerprint density at radius 2 is 0.738 bits per heavy atom. The van der Waals surface area contributed by atoms with Crippen LogP contribution in [0.5, 0.6) is 17.6 Å². The van der Waals surface area contributed by atoms with Gasteiger partial charge in [0.25, 0.3) is 0 Å². The summed E-state index contributed by atoms with van der Waals surface area (Å²) in [6, 6.07) is 7.59. The van der Waals surface area contributed by atoms with Crippen molar-refractivity contribution >= 4 is 88.0 Å². The van der Waals surface area contributed by atoms with Crippen LogP contribution in [0.3, 0.4) is 0 Å². The number of amides is 6. The van der Waals surface area contributed by atoms with Crippen LogP contribution in [0.2, 0.25) is 0 Å². The summed E-state index contributed by atoms with van der Waals surface area (Å²) in [6.07, 6.45) is 21.6. The van der Waals surface area contributed by atoms with Gasteiger partial charge in [-0.15, -0.1) is 0 Å². The molecule has 3 aromatic heterocycles. The number of halogens is 3. The van der Waals surface area contributed by atoms with Crippen LogP contribution < -0.4 is 30.2 Å². The van der Waals surface area contributed by atoms with Crippen LogP contribution in [0.4, 0.5) is 27.6 Å². The largest absolute Gasteiger partial charge is 0.540 e. The molecule has 9 heterocycles. The second kappa shape index (κ2) is 42.6. The van der Waals surface area contributed by atoms with E-state index in [0.29, 0.717) is 112 Å². The molecule has 3 radical (unpaired) electrons. The number of ether oxygens (including phenoxy) is 6. The van der Waals surface area contributed by atoms with Gasteiger partial charge in [0.05, 0.1) is 52.7 Å². The topological polar surface area (TPSA) is 332 Å². The van der Waals surface area contributed by atoms with Crippen molar-refractivity contribution in [3.8, 4) is 17.6 Å². The molecule has 6 bridgehead atoms. The summed E-state index contributed by atoms with van der Waals surface area (Å²) in [6.45, 7) is 24.9. The van der Waals surface area contributed by atoms with Crippen molar-refractivity contribution in [2.45, 2.75) is 310 Å². The Morgan fingerprint density at radius 3 is 1.09 bits per heavy atom. The monoisotopic (exact) mass is 1850 g/mol. The van der Waals surface area contributed by atoms with Crippen molar-refractivity contribution in [1.29, 1.82) is 0 Å². The minimum Gasteiger partial charge on any atom is -0.540 e. The van der Waals surface area contributed by atoms with Crippen LogP contribution in [0, 0.1) is 69.2 Å². The van der Waals surface area contributed by atoms with Crippen LogP contribution in [-0.4, -0.2) is 191 Å². The summed E-state index contributed by atoms with van der Waals surface area (Å²) in [5.74, 6) is -1.67. The molecule has 6 aliphatic heterocycles. The number of rotatable bonds is 6. The van der Waals surface area contributed by atoms with E-state index in [1.807, 2.05) is 90.0 Å². The first-order valence-corrected chi connectivity index (χ1v) is 44.5. The Balaban J connectivity index is 0.000000195. The molecule has 3 saturated carbocycles. The predicted octanol–water partition coefficient (Wildman–Crippen LogP) is 14.7. The molecule has 15 rings (SSSR count). The van der Waals surface area contributed by atoms with Gasteiger partial charge in [-0.25, -0.2) is 76.3 Å². The first-order chi connectivity index (χ1) is 58.6. The molecule has 9 aliphatic rings. The van der Waals surface area contributed by atoms with E-state index in [2.05, 4.69) is 49.8 Å². The molecule has 681 valence electrons. The minimum absolute atomic E-state index is 0. The summed E-state index contributed by atoms with van der Waals surface area (Å²) >= 11 is 0. The maximum Gasteiger partial charge on any atom is 0.408 e. The predicted molar refractivity (Wildman–Crippen MR) is 451 cm³/mol. The smallest absolute Gasteiger partial charge is 0.408 e. The number of fused-ring (bicyclic) bond motifs is 15. The van der Waals surface area contributed by atoms with Gasteiger partial charge >= 0.3 is 18.3 Å². The van der Waals surface area contributed by atoms with Crippen molar-refractivity contribution in [1.82, 2.24) is 60.6 Å². The quantitative estimate of drug-likeness (QED) is 0.103. The van der Waals surface area contributed by atoms with Gasteiger partial charge in [-0.2, -0.15) is 0 Å². The second-order valence-electron chi connectivity index (χ2n) is 38.5. The summed E-state index contributed by atoms with van der Waals surface area (Å²) in [7, 11) is 0. The summed E-state index contributed by atoms with van der Waals surface area (Å²) < 4.78 is 78.9. The molecule has 6 amide bonds. The second-order valence-corrected chi connectivity index (χ2v) is 38.5. The Hall–Kier alpha value is -8.15. The molecule has 6 aromatic rings. The molecule has 126 heavy (non-hydrogen) atoms. The Kier molecular flexibility index (Phi) is 33.8. The molecule has 18 atom stereocenters. The number of benzene rings is 3. The standard InChI is InChI=1S/C32H42FN4O5.C31H40FN4O5.C30H38FN4O5.3V/c1-5-21-25(18-38)37-17-27(21)41-29-23(34-22-15-14-20(33)16-24(22)35-29)12-8-6-7-10-19-11-9-13-26(19)42-31(40)36-28(30(37)39)32(2,3)4;1-6-20-24(17-37)36-16-25(20)40-27-22(33-21-13-12-19(32)14-23(21)34-27)11-9-7-8-10-18-15-31(18,5)41-29(39)35-26(28(36)38)30(2,3)4;1-5-19-23(16-36)35-15-25(19)39-27-21(32-20-12-11-18(31)14-22(20)33-27)10-8-6-7-9-17-13-24(17)40-29(38)34-26(28(35)37)30(2,3)4;;;/h14-16,19,21,25-28H,5-13,17H2,1-4H3,(H,36,40);12-14,18,20,24-26H,6-11,15-16H2,1-5H3,(H,35,39);11-12,14,17,19,23-26H,5-10,13,15H2,1-4H3,(H,34,38);;;/q3*-1;;;/t19-,21+,25-,26-,27+,28-;18-,20+,24-,25+,26-,31-;17-,19+,23-,24-,25+,26-;;;/m111.../s1. The average molecular weight is 1860 g/mol. The molecule has 0 spiro atoms. The molecule has 3 N–H and O–H groups in total. The molecular weight excluding hydrogens is 1730 g/mol. The fourth-order valence-electron chi connectivity index (χ4n) is 19.1. The SMILES string of the molecule is CC[C@@H]1[C@@H]2CN(C(=O)[C@H](C(C)(C)C)NC(=O)O[C@@H]3CCC[C@H]3CCCCCc3nc4ccc(F)cc4nc3O2)[C@@H]1[C-]=O.CC[C@@H]1[C@@H]2CN(C(=O)[C@H](C(C)(C)C)NC(=O)O[C@@H]3C[C@H]3CCCCCc3nc4ccc(F)cc4nc3O2)[C@@H]1[C-]=O.CC[C@@H]1[C@@H]2CN(C(=O)[C@H](C(C)(C)C)NC(=O)O[C@]3(C)C[C@H]3CCCCCc3nc4ccc(F)cc4nc3O2)[C@@H]1[C-]=O.[V].[V].[V]. The van der Waals surface area contributed by atoms with E-state index in [1.165, 1.54) is 51.1 Å². The fourth-order valence-corrected chi connectivity index (χ4v) is 19.1. The van der Waals surface area contributed by atoms with E-state index in [4.69, 9.17) is 43.4 Å². The number of nitrogens with one attached hydrogen (secondary N) is 3. The molecule has 3 saturated heterocycles. The van der Waals surface area contributed by atoms with Gasteiger partial charge in [-0.1, -0.05) is 159 Å². The van der Waals surface area contributed by atoms with Gasteiger partial charge in [-0.3, -0.25) is 14.4 Å². The fraction of sp³-hybridized carbons (Fsp3) is 0.645. The van der Waals surface area contributed by atoms with Crippen molar-refractivity contribution in [3.05, 3.63) is 89.1 Å². The number of hydrogen-bond acceptors (Lipinski definition) is 21. The summed E-state index contributed by atoms with van der Waals surface area (Å²) in [5.41, 5.74) is 2.44. The van der Waals surface area contributed by atoms with Crippen molar-refractivity contribution < 1.29 is 140 Å². The van der Waals surface area contributed by atoms with E-state index in [1.54, 1.807) is 18.2 Å². The zero-order valence-corrected chi connectivity index (χ0v) is 78.7. The number of carbonyl (C=O) groups is 6. The summed E-state index contributed by atoms with van der Waals surface area (Å²) in [5, 5.41) is 8.45. The van der Waals surface area contributed by atoms with Crippen molar-refractivity contribution in [2.75, 3.05) is 19.6 Å². The number of alkyl carbamates (subject to hydrolysis) is 3. The zero-order chi connectivity index (χ0) is 88.1. The van der Waals surface area contributed by atoms with Gasteiger partial charge in [0.2, 0.25) is 35.4 Å². The van der Waals surface area contributed by atoms with Crippen LogP contribution in [0.25, 0.3) is 33.1 Å². The third kappa shape index (κ3) is 23.5. The van der Waals surface area contributed by atoms with E-state index in [0.717, 1.165) is 109 Å². The van der Waals surface area contributed by atoms with Crippen LogP contribution in [0.1, 0.15) is 236 Å². The van der Waals surface area contributed by atoms with Gasteiger partial charge in [0.1, 0.15) is 88.8 Å². The number of hydrogen-bond donors (Lipinski definition) is 3. The Morgan fingerprint density at radius 1 is 0.405 bits per heavy atom. The Labute approximate surface area is 772 Å². The first-order valence-electron chi connectivity index (χ1n) is 44.5. The van der Waals surface area contributed by atoms with E-state index in [-0.39, 0.29) is 129 Å². The van der Waals surface area contributed by atoms with Crippen molar-refractivity contribution in [2.24, 2.45) is 51.8 Å². The first kappa shape index (κ1) is 100. The zero-order valence-electron chi connectivity index (χ0n) is 74.5. The molecule has 6 fully saturated rings. The van der Waals surface area contributed by atoms with E-state index < -0.39 is 118 Å². The van der Waals surface area contributed by atoms with Gasteiger partial charge < -0.3 is 73.5 Å².